The first-order valence-corrected chi connectivity index (χ1v) is 7.18. The molecule has 114 valence electrons. The minimum atomic E-state index is -0.951. The van der Waals surface area contributed by atoms with Gasteiger partial charge in [0.15, 0.2) is 0 Å². The lowest BCUT2D eigenvalue weighted by Crippen LogP contribution is -2.52. The molecule has 0 spiro atoms. The van der Waals surface area contributed by atoms with E-state index in [4.69, 9.17) is 0 Å². The van der Waals surface area contributed by atoms with E-state index < -0.39 is 23.3 Å². The van der Waals surface area contributed by atoms with E-state index in [2.05, 4.69) is 5.32 Å². The first kappa shape index (κ1) is 15.4. The van der Waals surface area contributed by atoms with Gasteiger partial charge in [-0.1, -0.05) is 24.5 Å². The molecule has 0 saturated heterocycles. The van der Waals surface area contributed by atoms with Crippen molar-refractivity contribution in [3.05, 3.63) is 29.3 Å². The average Bonchev–Trinajstić information content (AvgIpc) is 2.43. The number of carbonyl (C=O) groups excluding carboxylic acids is 1. The highest BCUT2D eigenvalue weighted by Crippen LogP contribution is 2.36. The molecule has 1 amide bonds. The SMILES string of the molecule is Cc1ccc(O)c(C(=O)NC2CCCCC2(C)C(=O)O)c1. The summed E-state index contributed by atoms with van der Waals surface area (Å²) in [6, 6.07) is 4.37. The van der Waals surface area contributed by atoms with Crippen LogP contribution in [0, 0.1) is 12.3 Å². The van der Waals surface area contributed by atoms with Gasteiger partial charge in [0.05, 0.1) is 11.0 Å². The fourth-order valence-electron chi connectivity index (χ4n) is 2.89. The first-order chi connectivity index (χ1) is 9.84. The summed E-state index contributed by atoms with van der Waals surface area (Å²) in [6.45, 7) is 3.51. The maximum absolute atomic E-state index is 12.3. The topological polar surface area (TPSA) is 86.6 Å². The molecule has 2 unspecified atom stereocenters. The number of carbonyl (C=O) groups is 2. The zero-order chi connectivity index (χ0) is 15.6. The number of aliphatic carboxylic acids is 1. The van der Waals surface area contributed by atoms with Crippen LogP contribution in [0.1, 0.15) is 48.5 Å². The highest BCUT2D eigenvalue weighted by molar-refractivity contribution is 5.97. The van der Waals surface area contributed by atoms with E-state index in [-0.39, 0.29) is 11.3 Å². The van der Waals surface area contributed by atoms with E-state index in [0.29, 0.717) is 12.8 Å². The van der Waals surface area contributed by atoms with E-state index in [9.17, 15) is 19.8 Å². The molecular weight excluding hydrogens is 270 g/mol. The number of carboxylic acids is 1. The van der Waals surface area contributed by atoms with E-state index >= 15 is 0 Å². The largest absolute Gasteiger partial charge is 0.507 e. The minimum Gasteiger partial charge on any atom is -0.507 e. The number of carboxylic acid groups (broad SMARTS) is 1. The van der Waals surface area contributed by atoms with Crippen molar-refractivity contribution in [1.29, 1.82) is 0 Å². The maximum Gasteiger partial charge on any atom is 0.311 e. The van der Waals surface area contributed by atoms with Gasteiger partial charge in [-0.3, -0.25) is 9.59 Å². The second-order valence-corrected chi connectivity index (χ2v) is 6.02. The number of amides is 1. The summed E-state index contributed by atoms with van der Waals surface area (Å²) in [5, 5.41) is 22.0. The van der Waals surface area contributed by atoms with Crippen molar-refractivity contribution >= 4 is 11.9 Å². The van der Waals surface area contributed by atoms with Gasteiger partial charge in [0.1, 0.15) is 5.75 Å². The molecule has 0 bridgehead atoms. The highest BCUT2D eigenvalue weighted by Gasteiger charge is 2.44. The van der Waals surface area contributed by atoms with Crippen molar-refractivity contribution in [1.82, 2.24) is 5.32 Å². The van der Waals surface area contributed by atoms with Crippen LogP contribution in [0.15, 0.2) is 18.2 Å². The van der Waals surface area contributed by atoms with Crippen LogP contribution in [0.3, 0.4) is 0 Å². The van der Waals surface area contributed by atoms with Crippen molar-refractivity contribution < 1.29 is 19.8 Å². The standard InChI is InChI=1S/C16H21NO4/c1-10-6-7-12(18)11(9-10)14(19)17-13-5-3-4-8-16(13,2)15(20)21/h6-7,9,13,18H,3-5,8H2,1-2H3,(H,17,19)(H,20,21). The Kier molecular flexibility index (Phi) is 4.21. The Morgan fingerprint density at radius 1 is 1.33 bits per heavy atom. The van der Waals surface area contributed by atoms with Gasteiger partial charge in [-0.2, -0.15) is 0 Å². The molecule has 3 N–H and O–H groups in total. The van der Waals surface area contributed by atoms with Crippen LogP contribution in [0.4, 0.5) is 0 Å². The second kappa shape index (κ2) is 5.76. The van der Waals surface area contributed by atoms with Gasteiger partial charge in [-0.25, -0.2) is 0 Å². The van der Waals surface area contributed by atoms with E-state index in [1.165, 1.54) is 6.07 Å². The summed E-state index contributed by atoms with van der Waals surface area (Å²) >= 11 is 0. The number of hydrogen-bond acceptors (Lipinski definition) is 3. The fourth-order valence-corrected chi connectivity index (χ4v) is 2.89. The maximum atomic E-state index is 12.3. The number of nitrogens with one attached hydrogen (secondary N) is 1. The van der Waals surface area contributed by atoms with Crippen LogP contribution in [0.5, 0.6) is 5.75 Å². The van der Waals surface area contributed by atoms with Crippen molar-refractivity contribution in [2.24, 2.45) is 5.41 Å². The Hall–Kier alpha value is -2.04. The molecule has 2 rings (SSSR count). The Labute approximate surface area is 124 Å². The Balaban J connectivity index is 2.21. The molecule has 1 fully saturated rings. The lowest BCUT2D eigenvalue weighted by molar-refractivity contribution is -0.151. The second-order valence-electron chi connectivity index (χ2n) is 6.02. The molecule has 0 radical (unpaired) electrons. The van der Waals surface area contributed by atoms with E-state index in [1.54, 1.807) is 19.1 Å². The van der Waals surface area contributed by atoms with Crippen LogP contribution < -0.4 is 5.32 Å². The molecule has 0 aliphatic heterocycles. The van der Waals surface area contributed by atoms with Crippen molar-refractivity contribution in [2.45, 2.75) is 45.6 Å². The van der Waals surface area contributed by atoms with Crippen molar-refractivity contribution in [3.8, 4) is 5.75 Å². The molecule has 5 heteroatoms. The molecule has 0 aromatic heterocycles. The number of hydrogen-bond donors (Lipinski definition) is 3. The number of phenolic OH excluding ortho intramolecular Hbond substituents is 1. The van der Waals surface area contributed by atoms with Gasteiger partial charge >= 0.3 is 5.97 Å². The molecule has 2 atom stereocenters. The van der Waals surface area contributed by atoms with Gasteiger partial charge in [-0.05, 0) is 38.8 Å². The first-order valence-electron chi connectivity index (χ1n) is 7.18. The third kappa shape index (κ3) is 3.01. The number of rotatable bonds is 3. The van der Waals surface area contributed by atoms with Crippen LogP contribution in [0.2, 0.25) is 0 Å². The highest BCUT2D eigenvalue weighted by atomic mass is 16.4. The quantitative estimate of drug-likeness (QED) is 0.798. The van der Waals surface area contributed by atoms with Crippen LogP contribution >= 0.6 is 0 Å². The van der Waals surface area contributed by atoms with Gasteiger partial charge in [0.2, 0.25) is 0 Å². The predicted octanol–water partition coefficient (Wildman–Crippen LogP) is 2.46. The predicted molar refractivity (Wildman–Crippen MR) is 78.3 cm³/mol. The van der Waals surface area contributed by atoms with E-state index in [1.807, 2.05) is 6.92 Å². The molecule has 1 aliphatic carbocycles. The molecule has 1 saturated carbocycles. The summed E-state index contributed by atoms with van der Waals surface area (Å²) in [5.41, 5.74) is 0.101. The Morgan fingerprint density at radius 3 is 2.71 bits per heavy atom. The van der Waals surface area contributed by atoms with Crippen LogP contribution in [-0.4, -0.2) is 28.1 Å². The van der Waals surface area contributed by atoms with Gasteiger partial charge < -0.3 is 15.5 Å². The summed E-state index contributed by atoms with van der Waals surface area (Å²) < 4.78 is 0. The normalized spacial score (nSPS) is 25.3. The molecule has 21 heavy (non-hydrogen) atoms. The number of phenols is 1. The molecular formula is C16H21NO4. The van der Waals surface area contributed by atoms with Crippen molar-refractivity contribution in [3.63, 3.8) is 0 Å². The molecule has 0 heterocycles. The summed E-state index contributed by atoms with van der Waals surface area (Å²) in [7, 11) is 0. The lowest BCUT2D eigenvalue weighted by Gasteiger charge is -2.38. The lowest BCUT2D eigenvalue weighted by atomic mass is 9.71. The van der Waals surface area contributed by atoms with Crippen molar-refractivity contribution in [2.75, 3.05) is 0 Å². The average molecular weight is 291 g/mol. The fraction of sp³-hybridized carbons (Fsp3) is 0.500. The van der Waals surface area contributed by atoms with E-state index in [0.717, 1.165) is 18.4 Å². The summed E-state index contributed by atoms with van der Waals surface area (Å²) in [4.78, 5) is 23.9. The van der Waals surface area contributed by atoms with Crippen LogP contribution in [-0.2, 0) is 4.79 Å². The zero-order valence-electron chi connectivity index (χ0n) is 12.3. The van der Waals surface area contributed by atoms with Gasteiger partial charge in [0, 0.05) is 6.04 Å². The number of aromatic hydroxyl groups is 1. The third-order valence-corrected chi connectivity index (χ3v) is 4.40. The summed E-state index contributed by atoms with van der Waals surface area (Å²) in [6.07, 6.45) is 2.94. The third-order valence-electron chi connectivity index (χ3n) is 4.40. The molecule has 5 nitrogen and oxygen atoms in total. The monoisotopic (exact) mass is 291 g/mol. The number of aryl methyl sites for hydroxylation is 1. The zero-order valence-corrected chi connectivity index (χ0v) is 12.3. The Morgan fingerprint density at radius 2 is 2.05 bits per heavy atom. The van der Waals surface area contributed by atoms with Crippen LogP contribution in [0.25, 0.3) is 0 Å². The molecule has 1 aromatic carbocycles. The number of benzene rings is 1. The smallest absolute Gasteiger partial charge is 0.311 e. The van der Waals surface area contributed by atoms with Gasteiger partial charge in [-0.15, -0.1) is 0 Å². The molecule has 1 aromatic rings. The van der Waals surface area contributed by atoms with Gasteiger partial charge in [0.25, 0.3) is 5.91 Å². The Bertz CT molecular complexity index is 569. The molecule has 1 aliphatic rings. The minimum absolute atomic E-state index is 0.0917. The summed E-state index contributed by atoms with van der Waals surface area (Å²) in [5.74, 6) is -1.40.